The van der Waals surface area contributed by atoms with Crippen LogP contribution in [0.25, 0.3) is 10.9 Å². The molecule has 1 aromatic carbocycles. The van der Waals surface area contributed by atoms with Crippen LogP contribution in [0.4, 0.5) is 8.78 Å². The van der Waals surface area contributed by atoms with Gasteiger partial charge in [-0.15, -0.1) is 0 Å². The monoisotopic (exact) mass is 270 g/mol. The van der Waals surface area contributed by atoms with Gasteiger partial charge in [-0.25, -0.2) is 8.78 Å². The second kappa shape index (κ2) is 4.52. The third-order valence-electron chi connectivity index (χ3n) is 3.50. The van der Waals surface area contributed by atoms with Crippen LogP contribution < -0.4 is 5.32 Å². The summed E-state index contributed by atoms with van der Waals surface area (Å²) >= 11 is 5.64. The van der Waals surface area contributed by atoms with Crippen LogP contribution in [0.5, 0.6) is 0 Å². The minimum absolute atomic E-state index is 0.166. The SMILES string of the molecule is Fc1c(Cl)cc2ccn(C[C@H]3CCNC3)c2c1F. The van der Waals surface area contributed by atoms with Gasteiger partial charge in [0.15, 0.2) is 11.6 Å². The predicted octanol–water partition coefficient (Wildman–Crippen LogP) is 3.18. The summed E-state index contributed by atoms with van der Waals surface area (Å²) in [6.07, 6.45) is 2.86. The molecule has 0 amide bonds. The minimum Gasteiger partial charge on any atom is -0.345 e. The van der Waals surface area contributed by atoms with Gasteiger partial charge in [0.05, 0.1) is 10.5 Å². The summed E-state index contributed by atoms with van der Waals surface area (Å²) in [5.74, 6) is -1.35. The lowest BCUT2D eigenvalue weighted by Gasteiger charge is -2.11. The van der Waals surface area contributed by atoms with Crippen molar-refractivity contribution in [3.05, 3.63) is 35.0 Å². The molecule has 1 saturated heterocycles. The maximum Gasteiger partial charge on any atom is 0.184 e. The second-order valence-corrected chi connectivity index (χ2v) is 5.16. The second-order valence-electron chi connectivity index (χ2n) is 4.75. The molecule has 0 bridgehead atoms. The first-order valence-corrected chi connectivity index (χ1v) is 6.37. The molecule has 0 saturated carbocycles. The van der Waals surface area contributed by atoms with E-state index in [-0.39, 0.29) is 5.02 Å². The van der Waals surface area contributed by atoms with Crippen molar-refractivity contribution in [2.45, 2.75) is 13.0 Å². The highest BCUT2D eigenvalue weighted by Crippen LogP contribution is 2.28. The van der Waals surface area contributed by atoms with Crippen molar-refractivity contribution in [3.8, 4) is 0 Å². The van der Waals surface area contributed by atoms with Crippen molar-refractivity contribution >= 4 is 22.5 Å². The number of benzene rings is 1. The molecule has 0 aliphatic carbocycles. The highest BCUT2D eigenvalue weighted by molar-refractivity contribution is 6.31. The van der Waals surface area contributed by atoms with Crippen molar-refractivity contribution in [2.75, 3.05) is 13.1 Å². The fraction of sp³-hybridized carbons (Fsp3) is 0.385. The number of hydrogen-bond donors (Lipinski definition) is 1. The Morgan fingerprint density at radius 1 is 1.39 bits per heavy atom. The van der Waals surface area contributed by atoms with E-state index in [2.05, 4.69) is 5.32 Å². The van der Waals surface area contributed by atoms with Gasteiger partial charge in [-0.1, -0.05) is 11.6 Å². The lowest BCUT2D eigenvalue weighted by molar-refractivity contribution is 0.476. The zero-order valence-electron chi connectivity index (χ0n) is 9.72. The van der Waals surface area contributed by atoms with Gasteiger partial charge in [0.2, 0.25) is 0 Å². The molecule has 1 fully saturated rings. The zero-order valence-corrected chi connectivity index (χ0v) is 10.5. The molecule has 18 heavy (non-hydrogen) atoms. The summed E-state index contributed by atoms with van der Waals surface area (Å²) in [4.78, 5) is 0. The Bertz CT molecular complexity index is 588. The Morgan fingerprint density at radius 3 is 2.94 bits per heavy atom. The molecule has 1 aromatic heterocycles. The van der Waals surface area contributed by atoms with Crippen LogP contribution in [-0.2, 0) is 6.54 Å². The van der Waals surface area contributed by atoms with Crippen LogP contribution in [0.3, 0.4) is 0 Å². The fourth-order valence-electron chi connectivity index (χ4n) is 2.57. The van der Waals surface area contributed by atoms with Gasteiger partial charge in [-0.2, -0.15) is 0 Å². The van der Waals surface area contributed by atoms with Crippen LogP contribution in [0.1, 0.15) is 6.42 Å². The van der Waals surface area contributed by atoms with E-state index >= 15 is 0 Å². The number of fused-ring (bicyclic) bond motifs is 1. The van der Waals surface area contributed by atoms with Crippen molar-refractivity contribution in [1.82, 2.24) is 9.88 Å². The molecule has 1 atom stereocenters. The highest BCUT2D eigenvalue weighted by Gasteiger charge is 2.19. The summed E-state index contributed by atoms with van der Waals surface area (Å²) in [5.41, 5.74) is 0.309. The number of halogens is 3. The average molecular weight is 271 g/mol. The van der Waals surface area contributed by atoms with Crippen LogP contribution in [0.2, 0.25) is 5.02 Å². The quantitative estimate of drug-likeness (QED) is 0.830. The molecule has 0 unspecified atom stereocenters. The van der Waals surface area contributed by atoms with Gasteiger partial charge in [0.1, 0.15) is 0 Å². The summed E-state index contributed by atoms with van der Waals surface area (Å²) in [6, 6.07) is 3.24. The molecule has 1 aliphatic rings. The molecule has 2 aromatic rings. The Hall–Kier alpha value is -1.13. The summed E-state index contributed by atoms with van der Waals surface area (Å²) in [6.45, 7) is 2.62. The van der Waals surface area contributed by atoms with E-state index in [4.69, 9.17) is 11.6 Å². The van der Waals surface area contributed by atoms with Crippen molar-refractivity contribution in [3.63, 3.8) is 0 Å². The molecule has 5 heteroatoms. The van der Waals surface area contributed by atoms with Gasteiger partial charge in [0.25, 0.3) is 0 Å². The smallest absolute Gasteiger partial charge is 0.184 e. The number of rotatable bonds is 2. The van der Waals surface area contributed by atoms with Gasteiger partial charge < -0.3 is 9.88 Å². The number of nitrogens with zero attached hydrogens (tertiary/aromatic N) is 1. The Balaban J connectivity index is 2.04. The van der Waals surface area contributed by atoms with E-state index in [1.54, 1.807) is 16.8 Å². The van der Waals surface area contributed by atoms with E-state index in [0.29, 0.717) is 23.4 Å². The van der Waals surface area contributed by atoms with Gasteiger partial charge in [0, 0.05) is 18.1 Å². The molecule has 96 valence electrons. The third-order valence-corrected chi connectivity index (χ3v) is 3.78. The highest BCUT2D eigenvalue weighted by atomic mass is 35.5. The lowest BCUT2D eigenvalue weighted by atomic mass is 10.1. The maximum absolute atomic E-state index is 13.9. The van der Waals surface area contributed by atoms with E-state index in [9.17, 15) is 8.78 Å². The Morgan fingerprint density at radius 2 is 2.22 bits per heavy atom. The molecular weight excluding hydrogens is 258 g/mol. The van der Waals surface area contributed by atoms with Gasteiger partial charge >= 0.3 is 0 Å². The summed E-state index contributed by atoms with van der Waals surface area (Å²) < 4.78 is 29.2. The third kappa shape index (κ3) is 1.89. The van der Waals surface area contributed by atoms with E-state index in [0.717, 1.165) is 19.5 Å². The molecule has 0 radical (unpaired) electrons. The summed E-state index contributed by atoms with van der Waals surface area (Å²) in [5, 5.41) is 3.74. The number of hydrogen-bond acceptors (Lipinski definition) is 1. The molecule has 2 heterocycles. The van der Waals surface area contributed by atoms with E-state index < -0.39 is 11.6 Å². The molecular formula is C13H13ClF2N2. The van der Waals surface area contributed by atoms with Gasteiger partial charge in [-0.05, 0) is 37.6 Å². The number of nitrogens with one attached hydrogen (secondary N) is 1. The van der Waals surface area contributed by atoms with Gasteiger partial charge in [-0.3, -0.25) is 0 Å². The standard InChI is InChI=1S/C13H13ClF2N2/c14-10-5-9-2-4-18(7-8-1-3-17-6-8)13(9)12(16)11(10)15/h2,4-5,8,17H,1,3,6-7H2/t8-/m0/s1. The Labute approximate surface area is 109 Å². The molecule has 3 rings (SSSR count). The van der Waals surface area contributed by atoms with Crippen molar-refractivity contribution in [1.29, 1.82) is 0 Å². The molecule has 1 aliphatic heterocycles. The first-order valence-electron chi connectivity index (χ1n) is 6.00. The lowest BCUT2D eigenvalue weighted by Crippen LogP contribution is -2.14. The first-order chi connectivity index (χ1) is 8.66. The summed E-state index contributed by atoms with van der Waals surface area (Å²) in [7, 11) is 0. The van der Waals surface area contributed by atoms with Crippen LogP contribution in [0.15, 0.2) is 18.3 Å². The normalized spacial score (nSPS) is 19.8. The van der Waals surface area contributed by atoms with E-state index in [1.165, 1.54) is 6.07 Å². The van der Waals surface area contributed by atoms with Crippen molar-refractivity contribution in [2.24, 2.45) is 5.92 Å². The minimum atomic E-state index is -0.964. The van der Waals surface area contributed by atoms with Crippen LogP contribution >= 0.6 is 11.6 Å². The predicted molar refractivity (Wildman–Crippen MR) is 67.8 cm³/mol. The first kappa shape index (κ1) is 11.9. The van der Waals surface area contributed by atoms with E-state index in [1.807, 2.05) is 0 Å². The average Bonchev–Trinajstić information content (AvgIpc) is 2.97. The topological polar surface area (TPSA) is 17.0 Å². The number of aromatic nitrogens is 1. The zero-order chi connectivity index (χ0) is 12.7. The molecule has 0 spiro atoms. The maximum atomic E-state index is 13.9. The molecule has 2 nitrogen and oxygen atoms in total. The van der Waals surface area contributed by atoms with Crippen LogP contribution in [0, 0.1) is 17.6 Å². The molecule has 1 N–H and O–H groups in total. The van der Waals surface area contributed by atoms with Crippen molar-refractivity contribution < 1.29 is 8.78 Å². The largest absolute Gasteiger partial charge is 0.345 e. The Kier molecular flexibility index (Phi) is 2.99. The van der Waals surface area contributed by atoms with Crippen LogP contribution in [-0.4, -0.2) is 17.7 Å². The fourth-order valence-corrected chi connectivity index (χ4v) is 2.77.